The van der Waals surface area contributed by atoms with Gasteiger partial charge in [-0.3, -0.25) is 9.48 Å². The fraction of sp³-hybridized carbons (Fsp3) is 0.350. The highest BCUT2D eigenvalue weighted by atomic mass is 32.1. The number of benzene rings is 1. The summed E-state index contributed by atoms with van der Waals surface area (Å²) in [7, 11) is 0. The molecular weight excluding hydrogens is 383 g/mol. The first-order valence-electron chi connectivity index (χ1n) is 8.94. The minimum atomic E-state index is -0.545. The Hall–Kier alpha value is -2.74. The molecule has 28 heavy (non-hydrogen) atoms. The summed E-state index contributed by atoms with van der Waals surface area (Å²) in [5.41, 5.74) is 2.18. The molecule has 2 aromatic heterocycles. The van der Waals surface area contributed by atoms with Crippen molar-refractivity contribution in [3.05, 3.63) is 51.9 Å². The van der Waals surface area contributed by atoms with Crippen molar-refractivity contribution in [1.82, 2.24) is 9.78 Å². The van der Waals surface area contributed by atoms with Crippen molar-refractivity contribution in [2.75, 3.05) is 6.61 Å². The van der Waals surface area contributed by atoms with Gasteiger partial charge in [-0.25, -0.2) is 9.18 Å². The van der Waals surface area contributed by atoms with Crippen molar-refractivity contribution < 1.29 is 23.5 Å². The number of nitrogens with zero attached hydrogens (tertiary/aromatic N) is 2. The SMILES string of the molecule is CCOC(=O)c1sc2cccc(F)c2c1COC(=O)CCn1nc(C)cc1C. The van der Waals surface area contributed by atoms with Crippen molar-refractivity contribution in [2.24, 2.45) is 0 Å². The van der Waals surface area contributed by atoms with Gasteiger partial charge in [0.05, 0.1) is 25.3 Å². The van der Waals surface area contributed by atoms with Crippen LogP contribution in [-0.4, -0.2) is 28.3 Å². The molecule has 1 aromatic carbocycles. The average Bonchev–Trinajstić information content (AvgIpc) is 3.18. The second-order valence-electron chi connectivity index (χ2n) is 6.30. The van der Waals surface area contributed by atoms with Gasteiger partial charge in [-0.2, -0.15) is 5.10 Å². The van der Waals surface area contributed by atoms with E-state index in [0.29, 0.717) is 22.2 Å². The summed E-state index contributed by atoms with van der Waals surface area (Å²) in [5.74, 6) is -1.45. The third kappa shape index (κ3) is 4.22. The highest BCUT2D eigenvalue weighted by Gasteiger charge is 2.22. The minimum Gasteiger partial charge on any atom is -0.462 e. The van der Waals surface area contributed by atoms with Crippen LogP contribution in [0.15, 0.2) is 24.3 Å². The fourth-order valence-corrected chi connectivity index (χ4v) is 4.11. The number of ether oxygens (including phenoxy) is 2. The molecule has 0 bridgehead atoms. The van der Waals surface area contributed by atoms with Gasteiger partial charge in [0, 0.05) is 21.3 Å². The number of esters is 2. The molecule has 148 valence electrons. The Morgan fingerprint density at radius 2 is 2.04 bits per heavy atom. The van der Waals surface area contributed by atoms with Crippen LogP contribution in [-0.2, 0) is 27.4 Å². The van der Waals surface area contributed by atoms with Crippen LogP contribution in [0.5, 0.6) is 0 Å². The van der Waals surface area contributed by atoms with E-state index in [4.69, 9.17) is 9.47 Å². The zero-order valence-corrected chi connectivity index (χ0v) is 16.8. The number of halogens is 1. The summed E-state index contributed by atoms with van der Waals surface area (Å²) >= 11 is 1.13. The summed E-state index contributed by atoms with van der Waals surface area (Å²) < 4.78 is 27.1. The molecule has 0 aliphatic rings. The molecule has 0 fully saturated rings. The standard InChI is InChI=1S/C20H21FN2O4S/c1-4-26-20(25)19-14(18-15(21)6-5-7-16(18)28-19)11-27-17(24)8-9-23-13(3)10-12(2)22-23/h5-7,10H,4,8-9,11H2,1-3H3. The maximum Gasteiger partial charge on any atom is 0.348 e. The molecule has 0 N–H and O–H groups in total. The third-order valence-corrected chi connectivity index (χ3v) is 5.41. The lowest BCUT2D eigenvalue weighted by molar-refractivity contribution is -0.145. The molecule has 0 saturated heterocycles. The Morgan fingerprint density at radius 1 is 1.25 bits per heavy atom. The second kappa shape index (κ2) is 8.52. The molecule has 0 aliphatic heterocycles. The first-order valence-corrected chi connectivity index (χ1v) is 9.76. The van der Waals surface area contributed by atoms with Crippen LogP contribution in [0.4, 0.5) is 4.39 Å². The monoisotopic (exact) mass is 404 g/mol. The van der Waals surface area contributed by atoms with Gasteiger partial charge in [0.25, 0.3) is 0 Å². The van der Waals surface area contributed by atoms with Crippen LogP contribution in [0, 0.1) is 19.7 Å². The lowest BCUT2D eigenvalue weighted by Gasteiger charge is -2.08. The van der Waals surface area contributed by atoms with E-state index in [-0.39, 0.29) is 24.5 Å². The number of aromatic nitrogens is 2. The Kier molecular flexibility index (Phi) is 6.08. The molecule has 6 nitrogen and oxygen atoms in total. The summed E-state index contributed by atoms with van der Waals surface area (Å²) in [6.45, 7) is 5.90. The van der Waals surface area contributed by atoms with E-state index < -0.39 is 17.8 Å². The van der Waals surface area contributed by atoms with E-state index in [0.717, 1.165) is 22.7 Å². The van der Waals surface area contributed by atoms with E-state index in [1.165, 1.54) is 6.07 Å². The Labute approximate surface area is 165 Å². The van der Waals surface area contributed by atoms with Crippen LogP contribution < -0.4 is 0 Å². The van der Waals surface area contributed by atoms with Gasteiger partial charge >= 0.3 is 11.9 Å². The van der Waals surface area contributed by atoms with Gasteiger partial charge < -0.3 is 9.47 Å². The molecule has 2 heterocycles. The Morgan fingerprint density at radius 3 is 2.71 bits per heavy atom. The molecule has 8 heteroatoms. The highest BCUT2D eigenvalue weighted by molar-refractivity contribution is 7.21. The molecule has 0 aliphatic carbocycles. The van der Waals surface area contributed by atoms with E-state index in [9.17, 15) is 14.0 Å². The first-order chi connectivity index (χ1) is 13.4. The molecule has 0 saturated carbocycles. The highest BCUT2D eigenvalue weighted by Crippen LogP contribution is 2.34. The molecule has 3 aromatic rings. The Balaban J connectivity index is 1.75. The largest absolute Gasteiger partial charge is 0.462 e. The van der Waals surface area contributed by atoms with Crippen molar-refractivity contribution >= 4 is 33.4 Å². The zero-order chi connectivity index (χ0) is 20.3. The zero-order valence-electron chi connectivity index (χ0n) is 16.0. The maximum absolute atomic E-state index is 14.4. The normalized spacial score (nSPS) is 11.0. The summed E-state index contributed by atoms with van der Waals surface area (Å²) in [6.07, 6.45) is 0.126. The van der Waals surface area contributed by atoms with Crippen LogP contribution >= 0.6 is 11.3 Å². The number of carbonyl (C=O) groups is 2. The lowest BCUT2D eigenvalue weighted by Crippen LogP contribution is -2.12. The molecule has 0 spiro atoms. The number of carbonyl (C=O) groups excluding carboxylic acids is 2. The molecular formula is C20H21FN2O4S. The molecule has 0 amide bonds. The molecule has 0 atom stereocenters. The van der Waals surface area contributed by atoms with Crippen LogP contribution in [0.3, 0.4) is 0 Å². The molecule has 0 unspecified atom stereocenters. The van der Waals surface area contributed by atoms with E-state index >= 15 is 0 Å². The molecule has 3 rings (SSSR count). The number of aryl methyl sites for hydroxylation is 3. The Bertz CT molecular complexity index is 1020. The predicted molar refractivity (Wildman–Crippen MR) is 104 cm³/mol. The first kappa shape index (κ1) is 20.0. The fourth-order valence-electron chi connectivity index (χ4n) is 2.99. The van der Waals surface area contributed by atoms with Crippen molar-refractivity contribution in [1.29, 1.82) is 0 Å². The van der Waals surface area contributed by atoms with Crippen LogP contribution in [0.25, 0.3) is 10.1 Å². The number of rotatable bonds is 7. The van der Waals surface area contributed by atoms with Crippen LogP contribution in [0.1, 0.15) is 40.0 Å². The van der Waals surface area contributed by atoms with Crippen LogP contribution in [0.2, 0.25) is 0 Å². The lowest BCUT2D eigenvalue weighted by atomic mass is 10.1. The van der Waals surface area contributed by atoms with E-state index in [1.54, 1.807) is 23.7 Å². The van der Waals surface area contributed by atoms with Crippen molar-refractivity contribution in [3.8, 4) is 0 Å². The number of hydrogen-bond acceptors (Lipinski definition) is 6. The van der Waals surface area contributed by atoms with Gasteiger partial charge in [-0.15, -0.1) is 11.3 Å². The van der Waals surface area contributed by atoms with E-state index in [2.05, 4.69) is 5.10 Å². The molecule has 0 radical (unpaired) electrons. The maximum atomic E-state index is 14.4. The minimum absolute atomic E-state index is 0.126. The number of thiophene rings is 1. The van der Waals surface area contributed by atoms with E-state index in [1.807, 2.05) is 19.9 Å². The summed E-state index contributed by atoms with van der Waals surface area (Å²) in [4.78, 5) is 24.7. The number of fused-ring (bicyclic) bond motifs is 1. The van der Waals surface area contributed by atoms with Gasteiger partial charge in [0.2, 0.25) is 0 Å². The quantitative estimate of drug-likeness (QED) is 0.553. The second-order valence-corrected chi connectivity index (χ2v) is 7.36. The smallest absolute Gasteiger partial charge is 0.348 e. The van der Waals surface area contributed by atoms with Gasteiger partial charge in [-0.05, 0) is 39.0 Å². The van der Waals surface area contributed by atoms with Gasteiger partial charge in [0.15, 0.2) is 0 Å². The average molecular weight is 404 g/mol. The van der Waals surface area contributed by atoms with Gasteiger partial charge in [-0.1, -0.05) is 6.07 Å². The topological polar surface area (TPSA) is 70.4 Å². The third-order valence-electron chi connectivity index (χ3n) is 4.23. The van der Waals surface area contributed by atoms with Crippen molar-refractivity contribution in [2.45, 2.75) is 40.3 Å². The predicted octanol–water partition coefficient (Wildman–Crippen LogP) is 4.16. The van der Waals surface area contributed by atoms with Crippen molar-refractivity contribution in [3.63, 3.8) is 0 Å². The number of hydrogen-bond donors (Lipinski definition) is 0. The van der Waals surface area contributed by atoms with Gasteiger partial charge in [0.1, 0.15) is 17.3 Å². The summed E-state index contributed by atoms with van der Waals surface area (Å²) in [6, 6.07) is 6.54. The summed E-state index contributed by atoms with van der Waals surface area (Å²) in [5, 5.41) is 4.60.